The summed E-state index contributed by atoms with van der Waals surface area (Å²) < 4.78 is 42.3. The van der Waals surface area contributed by atoms with Crippen LogP contribution in [-0.4, -0.2) is 16.1 Å². The second kappa shape index (κ2) is 4.05. The van der Waals surface area contributed by atoms with Crippen molar-refractivity contribution in [2.45, 2.75) is 37.8 Å². The first kappa shape index (κ1) is 11.9. The van der Waals surface area contributed by atoms with Crippen LogP contribution in [0.15, 0.2) is 4.42 Å². The third-order valence-corrected chi connectivity index (χ3v) is 2.81. The molecule has 0 amide bonds. The Morgan fingerprint density at radius 3 is 2.35 bits per heavy atom. The van der Waals surface area contributed by atoms with Crippen molar-refractivity contribution < 1.29 is 27.5 Å². The molecule has 0 spiro atoms. The smallest absolute Gasteiger partial charge is 0.437 e. The van der Waals surface area contributed by atoms with Gasteiger partial charge in [0.1, 0.15) is 0 Å². The quantitative estimate of drug-likeness (QED) is 0.874. The number of aromatic nitrogens is 1. The predicted molar refractivity (Wildman–Crippen MR) is 49.7 cm³/mol. The van der Waals surface area contributed by atoms with Crippen molar-refractivity contribution in [3.05, 3.63) is 17.3 Å². The molecule has 94 valence electrons. The maximum Gasteiger partial charge on any atom is 0.437 e. The van der Waals surface area contributed by atoms with Gasteiger partial charge in [-0.2, -0.15) is 13.2 Å². The Kier molecular flexibility index (Phi) is 2.84. The number of hydrogen-bond acceptors (Lipinski definition) is 3. The van der Waals surface area contributed by atoms with E-state index in [2.05, 4.69) is 4.98 Å². The Morgan fingerprint density at radius 2 is 1.94 bits per heavy atom. The molecule has 0 unspecified atom stereocenters. The van der Waals surface area contributed by atoms with Gasteiger partial charge >= 0.3 is 12.1 Å². The number of oxazole rings is 1. The van der Waals surface area contributed by atoms with Crippen LogP contribution < -0.4 is 0 Å². The van der Waals surface area contributed by atoms with E-state index in [9.17, 15) is 18.0 Å². The number of carbonyl (C=O) groups is 1. The summed E-state index contributed by atoms with van der Waals surface area (Å²) in [5, 5.41) is 8.65. The lowest BCUT2D eigenvalue weighted by atomic mass is 10.1. The molecule has 1 aliphatic rings. The number of hydrogen-bond donors (Lipinski definition) is 1. The number of rotatable bonds is 2. The van der Waals surface area contributed by atoms with Gasteiger partial charge in [-0.05, 0) is 12.8 Å². The molecule has 1 aromatic heterocycles. The first-order valence-electron chi connectivity index (χ1n) is 5.21. The number of carboxylic acid groups (broad SMARTS) is 1. The second-order valence-corrected chi connectivity index (χ2v) is 4.01. The molecule has 2 rings (SSSR count). The van der Waals surface area contributed by atoms with E-state index in [-0.39, 0.29) is 11.8 Å². The maximum absolute atomic E-state index is 12.5. The lowest BCUT2D eigenvalue weighted by Crippen LogP contribution is -2.11. The Morgan fingerprint density at radius 1 is 1.35 bits per heavy atom. The van der Waals surface area contributed by atoms with Gasteiger partial charge in [0.2, 0.25) is 5.76 Å². The SMILES string of the molecule is O=C(O)c1oc(C2CCCC2)nc1C(F)(F)F. The molecule has 7 heteroatoms. The summed E-state index contributed by atoms with van der Waals surface area (Å²) in [4.78, 5) is 14.0. The van der Waals surface area contributed by atoms with Gasteiger partial charge in [-0.25, -0.2) is 9.78 Å². The predicted octanol–water partition coefficient (Wildman–Crippen LogP) is 3.05. The van der Waals surface area contributed by atoms with Gasteiger partial charge in [-0.1, -0.05) is 12.8 Å². The first-order chi connectivity index (χ1) is 7.89. The summed E-state index contributed by atoms with van der Waals surface area (Å²) in [5.74, 6) is -3.15. The summed E-state index contributed by atoms with van der Waals surface area (Å²) >= 11 is 0. The largest absolute Gasteiger partial charge is 0.475 e. The van der Waals surface area contributed by atoms with Gasteiger partial charge in [0.15, 0.2) is 11.6 Å². The summed E-state index contributed by atoms with van der Waals surface area (Å²) in [6, 6.07) is 0. The molecule has 1 aliphatic carbocycles. The van der Waals surface area contributed by atoms with Crippen molar-refractivity contribution in [3.63, 3.8) is 0 Å². The third-order valence-electron chi connectivity index (χ3n) is 2.81. The molecule has 0 atom stereocenters. The van der Waals surface area contributed by atoms with Crippen LogP contribution in [0.2, 0.25) is 0 Å². The van der Waals surface area contributed by atoms with Crippen LogP contribution in [0.4, 0.5) is 13.2 Å². The Labute approximate surface area is 94.4 Å². The van der Waals surface area contributed by atoms with Gasteiger partial charge < -0.3 is 9.52 Å². The number of nitrogens with zero attached hydrogens (tertiary/aromatic N) is 1. The van der Waals surface area contributed by atoms with E-state index in [1.807, 2.05) is 0 Å². The monoisotopic (exact) mass is 249 g/mol. The second-order valence-electron chi connectivity index (χ2n) is 4.01. The highest BCUT2D eigenvalue weighted by Crippen LogP contribution is 2.38. The highest BCUT2D eigenvalue weighted by Gasteiger charge is 2.42. The van der Waals surface area contributed by atoms with E-state index >= 15 is 0 Å². The van der Waals surface area contributed by atoms with Crippen LogP contribution in [0.3, 0.4) is 0 Å². The van der Waals surface area contributed by atoms with Crippen molar-refractivity contribution in [1.82, 2.24) is 4.98 Å². The molecular formula is C10H10F3NO3. The Bertz CT molecular complexity index is 432. The Hall–Kier alpha value is -1.53. The average Bonchev–Trinajstić information content (AvgIpc) is 2.85. The van der Waals surface area contributed by atoms with Crippen LogP contribution in [0.5, 0.6) is 0 Å². The lowest BCUT2D eigenvalue weighted by Gasteiger charge is -2.02. The summed E-state index contributed by atoms with van der Waals surface area (Å²) in [6.07, 6.45) is -1.62. The van der Waals surface area contributed by atoms with Crippen LogP contribution in [0.25, 0.3) is 0 Å². The van der Waals surface area contributed by atoms with Crippen molar-refractivity contribution in [1.29, 1.82) is 0 Å². The molecule has 1 N–H and O–H groups in total. The first-order valence-corrected chi connectivity index (χ1v) is 5.21. The topological polar surface area (TPSA) is 63.3 Å². The van der Waals surface area contributed by atoms with Gasteiger partial charge in [0, 0.05) is 5.92 Å². The van der Waals surface area contributed by atoms with Gasteiger partial charge in [-0.3, -0.25) is 0 Å². The third kappa shape index (κ3) is 2.27. The van der Waals surface area contributed by atoms with E-state index < -0.39 is 23.6 Å². The van der Waals surface area contributed by atoms with Gasteiger partial charge in [0.05, 0.1) is 0 Å². The van der Waals surface area contributed by atoms with Crippen molar-refractivity contribution in [3.8, 4) is 0 Å². The van der Waals surface area contributed by atoms with Crippen LogP contribution >= 0.6 is 0 Å². The fourth-order valence-corrected chi connectivity index (χ4v) is 2.02. The van der Waals surface area contributed by atoms with E-state index in [1.165, 1.54) is 0 Å². The maximum atomic E-state index is 12.5. The molecule has 1 saturated carbocycles. The van der Waals surface area contributed by atoms with Crippen molar-refractivity contribution >= 4 is 5.97 Å². The van der Waals surface area contributed by atoms with E-state index in [1.54, 1.807) is 0 Å². The molecule has 0 aromatic carbocycles. The molecule has 0 radical (unpaired) electrons. The zero-order valence-corrected chi connectivity index (χ0v) is 8.75. The molecule has 0 saturated heterocycles. The minimum atomic E-state index is -4.80. The van der Waals surface area contributed by atoms with Gasteiger partial charge in [0.25, 0.3) is 0 Å². The zero-order chi connectivity index (χ0) is 12.6. The number of halogens is 3. The van der Waals surface area contributed by atoms with E-state index in [0.717, 1.165) is 12.8 Å². The molecular weight excluding hydrogens is 239 g/mol. The molecule has 1 aromatic rings. The number of aromatic carboxylic acids is 1. The minimum absolute atomic E-state index is 0.104. The van der Waals surface area contributed by atoms with Crippen LogP contribution in [-0.2, 0) is 6.18 Å². The highest BCUT2D eigenvalue weighted by molar-refractivity contribution is 5.85. The fourth-order valence-electron chi connectivity index (χ4n) is 2.02. The summed E-state index contributed by atoms with van der Waals surface area (Å²) in [5.41, 5.74) is -1.44. The van der Waals surface area contributed by atoms with E-state index in [4.69, 9.17) is 9.52 Å². The number of carboxylic acids is 1. The normalized spacial score (nSPS) is 17.6. The molecule has 1 heterocycles. The molecule has 1 fully saturated rings. The number of alkyl halides is 3. The van der Waals surface area contributed by atoms with E-state index in [0.29, 0.717) is 12.8 Å². The van der Waals surface area contributed by atoms with Gasteiger partial charge in [-0.15, -0.1) is 0 Å². The summed E-state index contributed by atoms with van der Waals surface area (Å²) in [7, 11) is 0. The average molecular weight is 249 g/mol. The highest BCUT2D eigenvalue weighted by atomic mass is 19.4. The van der Waals surface area contributed by atoms with Crippen molar-refractivity contribution in [2.75, 3.05) is 0 Å². The minimum Gasteiger partial charge on any atom is -0.475 e. The molecule has 17 heavy (non-hydrogen) atoms. The molecule has 0 bridgehead atoms. The van der Waals surface area contributed by atoms with Crippen LogP contribution in [0.1, 0.15) is 53.7 Å². The molecule has 0 aliphatic heterocycles. The fraction of sp³-hybridized carbons (Fsp3) is 0.600. The Balaban J connectivity index is 2.40. The van der Waals surface area contributed by atoms with Crippen molar-refractivity contribution in [2.24, 2.45) is 0 Å². The summed E-state index contributed by atoms with van der Waals surface area (Å²) in [6.45, 7) is 0. The zero-order valence-electron chi connectivity index (χ0n) is 8.75. The molecule has 4 nitrogen and oxygen atoms in total. The van der Waals surface area contributed by atoms with Crippen LogP contribution in [0, 0.1) is 0 Å². The standard InChI is InChI=1S/C10H10F3NO3/c11-10(12,13)7-6(9(15)16)17-8(14-7)5-3-1-2-4-5/h5H,1-4H2,(H,15,16). The lowest BCUT2D eigenvalue weighted by molar-refractivity contribution is -0.141.